The number of carboxylic acid groups (broad SMARTS) is 1. The monoisotopic (exact) mass is 394 g/mol. The molecule has 0 unspecified atom stereocenters. The van der Waals surface area contributed by atoms with Gasteiger partial charge in [0.15, 0.2) is 0 Å². The van der Waals surface area contributed by atoms with Gasteiger partial charge in [0, 0.05) is 30.1 Å². The van der Waals surface area contributed by atoms with E-state index in [9.17, 15) is 9.59 Å². The minimum absolute atomic E-state index is 0.0508. The highest BCUT2D eigenvalue weighted by Crippen LogP contribution is 2.23. The van der Waals surface area contributed by atoms with Crippen molar-refractivity contribution in [3.05, 3.63) is 66.4 Å². The first kappa shape index (κ1) is 20.5. The molecule has 0 fully saturated rings. The number of aliphatic carboxylic acids is 1. The Balaban J connectivity index is 1.48. The molecule has 3 aromatic rings. The number of nitrogens with one attached hydrogen (secondary N) is 1. The van der Waals surface area contributed by atoms with Crippen molar-refractivity contribution >= 4 is 22.8 Å². The van der Waals surface area contributed by atoms with Crippen LogP contribution in [0.2, 0.25) is 0 Å². The van der Waals surface area contributed by atoms with Crippen LogP contribution in [0.15, 0.2) is 60.8 Å². The summed E-state index contributed by atoms with van der Waals surface area (Å²) in [6.45, 7) is 1.33. The van der Waals surface area contributed by atoms with Crippen molar-refractivity contribution in [1.82, 2.24) is 9.88 Å². The van der Waals surface area contributed by atoms with Crippen LogP contribution in [0, 0.1) is 0 Å². The maximum Gasteiger partial charge on any atom is 0.303 e. The molecule has 0 saturated carbocycles. The van der Waals surface area contributed by atoms with Gasteiger partial charge in [-0.15, -0.1) is 0 Å². The number of carbonyl (C=O) groups excluding carboxylic acids is 1. The number of hydrogen-bond donors (Lipinski definition) is 2. The molecular formula is C23H26N2O4. The van der Waals surface area contributed by atoms with Crippen LogP contribution in [0.1, 0.15) is 31.2 Å². The zero-order chi connectivity index (χ0) is 20.5. The van der Waals surface area contributed by atoms with Gasteiger partial charge in [-0.2, -0.15) is 0 Å². The van der Waals surface area contributed by atoms with E-state index in [-0.39, 0.29) is 18.9 Å². The summed E-state index contributed by atoms with van der Waals surface area (Å²) >= 11 is 0. The fourth-order valence-corrected chi connectivity index (χ4v) is 3.16. The molecule has 3 rings (SSSR count). The summed E-state index contributed by atoms with van der Waals surface area (Å²) in [6.07, 6.45) is 4.30. The van der Waals surface area contributed by atoms with Gasteiger partial charge in [0.05, 0.1) is 0 Å². The van der Waals surface area contributed by atoms with Crippen LogP contribution in [0.5, 0.6) is 5.75 Å². The molecular weight excluding hydrogens is 368 g/mol. The Kier molecular flexibility index (Phi) is 7.28. The molecule has 0 aliphatic heterocycles. The predicted octanol–water partition coefficient (Wildman–Crippen LogP) is 3.98. The van der Waals surface area contributed by atoms with E-state index in [2.05, 4.69) is 5.32 Å². The molecule has 1 heterocycles. The van der Waals surface area contributed by atoms with E-state index in [1.54, 1.807) is 0 Å². The Morgan fingerprint density at radius 2 is 1.83 bits per heavy atom. The Morgan fingerprint density at radius 1 is 1.00 bits per heavy atom. The lowest BCUT2D eigenvalue weighted by molar-refractivity contribution is -0.137. The Hall–Kier alpha value is -3.28. The smallest absolute Gasteiger partial charge is 0.303 e. The van der Waals surface area contributed by atoms with Gasteiger partial charge in [0.25, 0.3) is 0 Å². The number of carboxylic acids is 1. The third kappa shape index (κ3) is 6.38. The van der Waals surface area contributed by atoms with Crippen LogP contribution >= 0.6 is 0 Å². The first-order valence-electron chi connectivity index (χ1n) is 9.86. The highest BCUT2D eigenvalue weighted by Gasteiger charge is 2.07. The van der Waals surface area contributed by atoms with Crippen LogP contribution in [-0.4, -0.2) is 28.1 Å². The molecule has 0 atom stereocenters. The maximum atomic E-state index is 12.2. The van der Waals surface area contributed by atoms with E-state index >= 15 is 0 Å². The van der Waals surface area contributed by atoms with Crippen LogP contribution in [0.4, 0.5) is 0 Å². The lowest BCUT2D eigenvalue weighted by Crippen LogP contribution is -2.28. The third-order valence-electron chi connectivity index (χ3n) is 4.69. The van der Waals surface area contributed by atoms with Crippen molar-refractivity contribution in [3.63, 3.8) is 0 Å². The molecule has 0 radical (unpaired) electrons. The van der Waals surface area contributed by atoms with E-state index in [4.69, 9.17) is 9.84 Å². The highest BCUT2D eigenvalue weighted by atomic mass is 16.5. The number of unbranched alkanes of at least 4 members (excludes halogenated alkanes) is 2. The van der Waals surface area contributed by atoms with Gasteiger partial charge in [-0.05, 0) is 42.7 Å². The molecule has 0 spiro atoms. The maximum absolute atomic E-state index is 12.2. The molecule has 2 aromatic carbocycles. The first-order valence-corrected chi connectivity index (χ1v) is 9.86. The van der Waals surface area contributed by atoms with Crippen molar-refractivity contribution in [2.45, 2.75) is 38.8 Å². The number of carbonyl (C=O) groups is 2. The zero-order valence-electron chi connectivity index (χ0n) is 16.3. The molecule has 29 heavy (non-hydrogen) atoms. The summed E-state index contributed by atoms with van der Waals surface area (Å²) in [6, 6.07) is 17.9. The average Bonchev–Trinajstić information content (AvgIpc) is 3.11. The molecule has 152 valence electrons. The normalized spacial score (nSPS) is 10.8. The number of hydrogen-bond acceptors (Lipinski definition) is 3. The second-order valence-electron chi connectivity index (χ2n) is 6.99. The van der Waals surface area contributed by atoms with E-state index < -0.39 is 5.97 Å². The number of amides is 1. The fraction of sp³-hybridized carbons (Fsp3) is 0.304. The van der Waals surface area contributed by atoms with Crippen LogP contribution in [-0.2, 0) is 22.7 Å². The SMILES string of the molecule is O=C(O)CCCCCNC(=O)Cn1ccc2cc(OCc3ccccc3)ccc21. The summed E-state index contributed by atoms with van der Waals surface area (Å²) in [5.74, 6) is -0.0304. The number of aromatic nitrogens is 1. The number of fused-ring (bicyclic) bond motifs is 1. The molecule has 1 amide bonds. The van der Waals surface area contributed by atoms with Crippen LogP contribution < -0.4 is 10.1 Å². The van der Waals surface area contributed by atoms with Crippen molar-refractivity contribution in [1.29, 1.82) is 0 Å². The summed E-state index contributed by atoms with van der Waals surface area (Å²) in [7, 11) is 0. The lowest BCUT2D eigenvalue weighted by atomic mass is 10.2. The predicted molar refractivity (Wildman–Crippen MR) is 112 cm³/mol. The Morgan fingerprint density at radius 3 is 2.62 bits per heavy atom. The molecule has 6 nitrogen and oxygen atoms in total. The molecule has 0 bridgehead atoms. The Bertz CT molecular complexity index is 950. The number of ether oxygens (including phenoxy) is 1. The second-order valence-corrected chi connectivity index (χ2v) is 6.99. The standard InChI is InChI=1S/C23H26N2O4/c26-22(24-13-6-2-5-9-23(27)28)16-25-14-12-19-15-20(10-11-21(19)25)29-17-18-7-3-1-4-8-18/h1,3-4,7-8,10-12,14-15H,2,5-6,9,13,16-17H2,(H,24,26)(H,27,28). The summed E-state index contributed by atoms with van der Waals surface area (Å²) in [5, 5.41) is 12.5. The molecule has 1 aromatic heterocycles. The molecule has 6 heteroatoms. The highest BCUT2D eigenvalue weighted by molar-refractivity contribution is 5.84. The van der Waals surface area contributed by atoms with Gasteiger partial charge in [-0.1, -0.05) is 36.8 Å². The van der Waals surface area contributed by atoms with Crippen molar-refractivity contribution < 1.29 is 19.4 Å². The van der Waals surface area contributed by atoms with Crippen molar-refractivity contribution in [3.8, 4) is 5.75 Å². The zero-order valence-corrected chi connectivity index (χ0v) is 16.3. The van der Waals surface area contributed by atoms with E-state index in [1.807, 2.05) is 65.4 Å². The largest absolute Gasteiger partial charge is 0.489 e. The van der Waals surface area contributed by atoms with Crippen LogP contribution in [0.25, 0.3) is 10.9 Å². The van der Waals surface area contributed by atoms with Crippen LogP contribution in [0.3, 0.4) is 0 Å². The second kappa shape index (κ2) is 10.3. The van der Waals surface area contributed by atoms with Gasteiger partial charge < -0.3 is 19.7 Å². The minimum atomic E-state index is -0.776. The topological polar surface area (TPSA) is 80.6 Å². The van der Waals surface area contributed by atoms with Gasteiger partial charge >= 0.3 is 5.97 Å². The van der Waals surface area contributed by atoms with Crippen molar-refractivity contribution in [2.24, 2.45) is 0 Å². The number of benzene rings is 2. The third-order valence-corrected chi connectivity index (χ3v) is 4.69. The number of nitrogens with zero attached hydrogens (tertiary/aromatic N) is 1. The fourth-order valence-electron chi connectivity index (χ4n) is 3.16. The minimum Gasteiger partial charge on any atom is -0.489 e. The van der Waals surface area contributed by atoms with Gasteiger partial charge in [-0.25, -0.2) is 0 Å². The molecule has 0 aliphatic rings. The average molecular weight is 394 g/mol. The summed E-state index contributed by atoms with van der Waals surface area (Å²) < 4.78 is 7.78. The molecule has 2 N–H and O–H groups in total. The van der Waals surface area contributed by atoms with Gasteiger partial charge in [-0.3, -0.25) is 9.59 Å². The molecule has 0 saturated heterocycles. The van der Waals surface area contributed by atoms with E-state index in [0.717, 1.165) is 35.1 Å². The van der Waals surface area contributed by atoms with Crippen molar-refractivity contribution in [2.75, 3.05) is 6.54 Å². The van der Waals surface area contributed by atoms with E-state index in [1.165, 1.54) is 0 Å². The summed E-state index contributed by atoms with van der Waals surface area (Å²) in [5.41, 5.74) is 2.10. The number of rotatable bonds is 11. The van der Waals surface area contributed by atoms with E-state index in [0.29, 0.717) is 19.6 Å². The first-order chi connectivity index (χ1) is 14.1. The van der Waals surface area contributed by atoms with Gasteiger partial charge in [0.1, 0.15) is 18.9 Å². The Labute approximate surface area is 170 Å². The summed E-state index contributed by atoms with van der Waals surface area (Å²) in [4.78, 5) is 22.6. The van der Waals surface area contributed by atoms with Gasteiger partial charge in [0.2, 0.25) is 5.91 Å². The lowest BCUT2D eigenvalue weighted by Gasteiger charge is -2.09. The quantitative estimate of drug-likeness (QED) is 0.482. The molecule has 0 aliphatic carbocycles.